The zero-order valence-electron chi connectivity index (χ0n) is 11.2. The normalized spacial score (nSPS) is 30.3. The summed E-state index contributed by atoms with van der Waals surface area (Å²) in [5, 5.41) is 12.4. The van der Waals surface area contributed by atoms with Crippen molar-refractivity contribution < 1.29 is 9.90 Å². The van der Waals surface area contributed by atoms with E-state index in [0.717, 1.165) is 5.92 Å². The lowest BCUT2D eigenvalue weighted by Gasteiger charge is -2.33. The maximum atomic E-state index is 10.8. The first-order chi connectivity index (χ1) is 8.04. The lowest BCUT2D eigenvalue weighted by molar-refractivity contribution is -0.132. The molecule has 0 spiro atoms. The van der Waals surface area contributed by atoms with Crippen molar-refractivity contribution in [1.29, 1.82) is 0 Å². The fourth-order valence-electron chi connectivity index (χ4n) is 2.69. The number of carboxylic acid groups (broad SMARTS) is 1. The second-order valence-electron chi connectivity index (χ2n) is 5.30. The van der Waals surface area contributed by atoms with Crippen molar-refractivity contribution in [2.75, 3.05) is 6.54 Å². The maximum absolute atomic E-state index is 10.8. The smallest absolute Gasteiger partial charge is 0.331 e. The molecular formula is C14H25NO2. The Morgan fingerprint density at radius 3 is 2.65 bits per heavy atom. The number of hydrogen-bond acceptors (Lipinski definition) is 2. The van der Waals surface area contributed by atoms with Crippen LogP contribution in [0.25, 0.3) is 0 Å². The summed E-state index contributed by atoms with van der Waals surface area (Å²) < 4.78 is 0. The van der Waals surface area contributed by atoms with Gasteiger partial charge in [0.05, 0.1) is 0 Å². The van der Waals surface area contributed by atoms with Gasteiger partial charge in [0.1, 0.15) is 0 Å². The number of nitrogens with one attached hydrogen (secondary N) is 1. The topological polar surface area (TPSA) is 49.3 Å². The number of carboxylic acids is 1. The van der Waals surface area contributed by atoms with E-state index in [0.29, 0.717) is 30.5 Å². The molecule has 3 nitrogen and oxygen atoms in total. The van der Waals surface area contributed by atoms with Crippen LogP contribution in [0.15, 0.2) is 11.6 Å². The Morgan fingerprint density at radius 2 is 2.12 bits per heavy atom. The molecule has 3 heteroatoms. The summed E-state index contributed by atoms with van der Waals surface area (Å²) in [4.78, 5) is 10.8. The third-order valence-electron chi connectivity index (χ3n) is 3.82. The van der Waals surface area contributed by atoms with Crippen LogP contribution in [0.2, 0.25) is 0 Å². The molecule has 0 aromatic heterocycles. The van der Waals surface area contributed by atoms with Gasteiger partial charge in [0, 0.05) is 18.2 Å². The fraction of sp³-hybridized carbons (Fsp3) is 0.786. The highest BCUT2D eigenvalue weighted by atomic mass is 16.4. The Morgan fingerprint density at radius 1 is 1.41 bits per heavy atom. The molecule has 17 heavy (non-hydrogen) atoms. The molecule has 98 valence electrons. The quantitative estimate of drug-likeness (QED) is 0.725. The molecule has 0 aromatic rings. The van der Waals surface area contributed by atoms with E-state index >= 15 is 0 Å². The van der Waals surface area contributed by atoms with Gasteiger partial charge in [0.25, 0.3) is 0 Å². The van der Waals surface area contributed by atoms with E-state index in [2.05, 4.69) is 19.2 Å². The minimum Gasteiger partial charge on any atom is -0.478 e. The first kappa shape index (κ1) is 14.2. The summed E-state index contributed by atoms with van der Waals surface area (Å²) in [6, 6.07) is 0.550. The molecule has 3 unspecified atom stereocenters. The van der Waals surface area contributed by atoms with E-state index in [9.17, 15) is 4.79 Å². The van der Waals surface area contributed by atoms with Gasteiger partial charge in [-0.2, -0.15) is 0 Å². The maximum Gasteiger partial charge on any atom is 0.331 e. The van der Waals surface area contributed by atoms with Crippen LogP contribution in [0.3, 0.4) is 0 Å². The van der Waals surface area contributed by atoms with E-state index in [1.165, 1.54) is 19.3 Å². The average molecular weight is 239 g/mol. The van der Waals surface area contributed by atoms with Crippen LogP contribution in [-0.2, 0) is 4.79 Å². The molecule has 1 fully saturated rings. The van der Waals surface area contributed by atoms with Gasteiger partial charge < -0.3 is 10.4 Å². The SMILES string of the molecule is CCC(=CCNC1CCC(C)CC1C)C(=O)O. The van der Waals surface area contributed by atoms with Gasteiger partial charge in [-0.25, -0.2) is 4.79 Å². The molecule has 0 bridgehead atoms. The Kier molecular flexibility index (Phi) is 5.69. The third kappa shape index (κ3) is 4.50. The number of aliphatic carboxylic acids is 1. The van der Waals surface area contributed by atoms with E-state index in [-0.39, 0.29) is 0 Å². The van der Waals surface area contributed by atoms with Gasteiger partial charge in [-0.05, 0) is 37.5 Å². The molecular weight excluding hydrogens is 214 g/mol. The van der Waals surface area contributed by atoms with E-state index < -0.39 is 5.97 Å². The Bertz CT molecular complexity index is 286. The lowest BCUT2D eigenvalue weighted by atomic mass is 9.80. The van der Waals surface area contributed by atoms with Crippen molar-refractivity contribution >= 4 is 5.97 Å². The summed E-state index contributed by atoms with van der Waals surface area (Å²) in [6.45, 7) is 7.16. The predicted octanol–water partition coefficient (Wildman–Crippen LogP) is 2.82. The third-order valence-corrected chi connectivity index (χ3v) is 3.82. The van der Waals surface area contributed by atoms with Crippen molar-refractivity contribution in [1.82, 2.24) is 5.32 Å². The van der Waals surface area contributed by atoms with E-state index in [1.54, 1.807) is 0 Å². The first-order valence-corrected chi connectivity index (χ1v) is 6.70. The monoisotopic (exact) mass is 239 g/mol. The first-order valence-electron chi connectivity index (χ1n) is 6.70. The van der Waals surface area contributed by atoms with Gasteiger partial charge in [-0.1, -0.05) is 26.8 Å². The highest BCUT2D eigenvalue weighted by Crippen LogP contribution is 2.28. The van der Waals surface area contributed by atoms with Crippen molar-refractivity contribution in [2.45, 2.75) is 52.5 Å². The zero-order chi connectivity index (χ0) is 12.8. The molecule has 0 saturated heterocycles. The van der Waals surface area contributed by atoms with Gasteiger partial charge in [-0.15, -0.1) is 0 Å². The summed E-state index contributed by atoms with van der Waals surface area (Å²) in [5.41, 5.74) is 0.509. The molecule has 1 rings (SSSR count). The molecule has 0 radical (unpaired) electrons. The molecule has 0 heterocycles. The second-order valence-corrected chi connectivity index (χ2v) is 5.30. The van der Waals surface area contributed by atoms with Gasteiger partial charge in [-0.3, -0.25) is 0 Å². The minimum atomic E-state index is -0.792. The van der Waals surface area contributed by atoms with E-state index in [4.69, 9.17) is 5.11 Å². The minimum absolute atomic E-state index is 0.509. The zero-order valence-corrected chi connectivity index (χ0v) is 11.2. The van der Waals surface area contributed by atoms with Crippen LogP contribution in [0.1, 0.15) is 46.5 Å². The summed E-state index contributed by atoms with van der Waals surface area (Å²) in [7, 11) is 0. The Balaban J connectivity index is 2.38. The predicted molar refractivity (Wildman–Crippen MR) is 70.0 cm³/mol. The summed E-state index contributed by atoms with van der Waals surface area (Å²) in [6.07, 6.45) is 6.18. The second kappa shape index (κ2) is 6.80. The van der Waals surface area contributed by atoms with Crippen molar-refractivity contribution in [3.05, 3.63) is 11.6 Å². The van der Waals surface area contributed by atoms with Crippen molar-refractivity contribution in [3.8, 4) is 0 Å². The standard InChI is InChI=1S/C14H25NO2/c1-4-12(14(16)17)7-8-15-13-6-5-10(2)9-11(13)3/h7,10-11,13,15H,4-6,8-9H2,1-3H3,(H,16,17). The number of carbonyl (C=O) groups is 1. The van der Waals surface area contributed by atoms with Crippen LogP contribution in [0, 0.1) is 11.8 Å². The van der Waals surface area contributed by atoms with Crippen LogP contribution in [0.4, 0.5) is 0 Å². The summed E-state index contributed by atoms with van der Waals surface area (Å²) >= 11 is 0. The van der Waals surface area contributed by atoms with Crippen LogP contribution < -0.4 is 5.32 Å². The molecule has 2 N–H and O–H groups in total. The molecule has 0 aliphatic heterocycles. The molecule has 1 aliphatic carbocycles. The molecule has 0 aromatic carbocycles. The van der Waals surface area contributed by atoms with Gasteiger partial charge in [0.2, 0.25) is 0 Å². The van der Waals surface area contributed by atoms with Crippen molar-refractivity contribution in [3.63, 3.8) is 0 Å². The van der Waals surface area contributed by atoms with Crippen molar-refractivity contribution in [2.24, 2.45) is 11.8 Å². The summed E-state index contributed by atoms with van der Waals surface area (Å²) in [5.74, 6) is 0.741. The Labute approximate surface area is 104 Å². The molecule has 1 saturated carbocycles. The van der Waals surface area contributed by atoms with Gasteiger partial charge in [0.15, 0.2) is 0 Å². The van der Waals surface area contributed by atoms with Crippen LogP contribution in [-0.4, -0.2) is 23.7 Å². The Hall–Kier alpha value is -0.830. The highest BCUT2D eigenvalue weighted by molar-refractivity contribution is 5.86. The van der Waals surface area contributed by atoms with Crippen LogP contribution in [0.5, 0.6) is 0 Å². The van der Waals surface area contributed by atoms with E-state index in [1.807, 2.05) is 13.0 Å². The molecule has 1 aliphatic rings. The number of rotatable bonds is 5. The lowest BCUT2D eigenvalue weighted by Crippen LogP contribution is -2.39. The fourth-order valence-corrected chi connectivity index (χ4v) is 2.69. The highest BCUT2D eigenvalue weighted by Gasteiger charge is 2.24. The van der Waals surface area contributed by atoms with Crippen LogP contribution >= 0.6 is 0 Å². The number of hydrogen-bond donors (Lipinski definition) is 2. The molecule has 0 amide bonds. The average Bonchev–Trinajstić information content (AvgIpc) is 2.26. The largest absolute Gasteiger partial charge is 0.478 e. The van der Waals surface area contributed by atoms with Gasteiger partial charge >= 0.3 is 5.97 Å². The molecule has 3 atom stereocenters.